The summed E-state index contributed by atoms with van der Waals surface area (Å²) in [6.07, 6.45) is 1.72. The number of thiophene rings is 1. The number of nitrogens with zero attached hydrogens (tertiary/aromatic N) is 1. The number of thioether (sulfide) groups is 1. The van der Waals surface area contributed by atoms with Crippen molar-refractivity contribution in [2.75, 3.05) is 11.9 Å². The van der Waals surface area contributed by atoms with E-state index < -0.39 is 17.1 Å². The van der Waals surface area contributed by atoms with Crippen molar-refractivity contribution in [2.45, 2.75) is 20.8 Å². The number of carbonyl (C=O) groups excluding carboxylic acids is 3. The normalized spacial score (nSPS) is 15.8. The summed E-state index contributed by atoms with van der Waals surface area (Å²) in [7, 11) is 0. The van der Waals surface area contributed by atoms with E-state index in [1.54, 1.807) is 12.1 Å². The zero-order valence-electron chi connectivity index (χ0n) is 14.7. The number of rotatable bonds is 4. The van der Waals surface area contributed by atoms with E-state index in [4.69, 9.17) is 0 Å². The number of anilines is 1. The molecular formula is C19H18N2O3S2. The molecule has 3 rings (SSSR count). The van der Waals surface area contributed by atoms with E-state index in [2.05, 4.69) is 5.32 Å². The van der Waals surface area contributed by atoms with E-state index in [0.29, 0.717) is 10.6 Å². The first kappa shape index (κ1) is 18.4. The summed E-state index contributed by atoms with van der Waals surface area (Å²) in [6.45, 7) is 5.53. The minimum Gasteiger partial charge on any atom is -0.324 e. The van der Waals surface area contributed by atoms with Crippen LogP contribution in [0.3, 0.4) is 0 Å². The van der Waals surface area contributed by atoms with Gasteiger partial charge in [0.1, 0.15) is 6.54 Å². The van der Waals surface area contributed by atoms with Crippen molar-refractivity contribution in [3.8, 4) is 0 Å². The fraction of sp³-hybridized carbons (Fsp3) is 0.211. The molecule has 0 unspecified atom stereocenters. The molecule has 26 heavy (non-hydrogen) atoms. The van der Waals surface area contributed by atoms with Crippen LogP contribution >= 0.6 is 23.1 Å². The quantitative estimate of drug-likeness (QED) is 0.794. The number of imide groups is 1. The number of carbonyl (C=O) groups is 3. The Kier molecular flexibility index (Phi) is 5.29. The molecule has 1 fully saturated rings. The first-order valence-electron chi connectivity index (χ1n) is 8.02. The van der Waals surface area contributed by atoms with E-state index in [1.165, 1.54) is 11.3 Å². The third-order valence-corrected chi connectivity index (χ3v) is 6.09. The van der Waals surface area contributed by atoms with Gasteiger partial charge in [0.15, 0.2) is 0 Å². The largest absolute Gasteiger partial charge is 0.324 e. The molecule has 1 aliphatic rings. The first-order chi connectivity index (χ1) is 12.4. The van der Waals surface area contributed by atoms with Gasteiger partial charge in [-0.3, -0.25) is 19.3 Å². The Morgan fingerprint density at radius 3 is 2.62 bits per heavy atom. The monoisotopic (exact) mass is 386 g/mol. The second-order valence-electron chi connectivity index (χ2n) is 6.03. The van der Waals surface area contributed by atoms with E-state index in [-0.39, 0.29) is 6.54 Å². The Balaban J connectivity index is 1.72. The summed E-state index contributed by atoms with van der Waals surface area (Å²) in [4.78, 5) is 39.3. The first-order valence-corrected chi connectivity index (χ1v) is 9.72. The van der Waals surface area contributed by atoms with E-state index in [0.717, 1.165) is 38.2 Å². The Morgan fingerprint density at radius 1 is 1.15 bits per heavy atom. The fourth-order valence-electron chi connectivity index (χ4n) is 2.51. The number of aryl methyl sites for hydroxylation is 2. The maximum Gasteiger partial charge on any atom is 0.294 e. The van der Waals surface area contributed by atoms with Crippen molar-refractivity contribution >= 4 is 51.9 Å². The van der Waals surface area contributed by atoms with Crippen LogP contribution in [0.5, 0.6) is 0 Å². The van der Waals surface area contributed by atoms with E-state index in [1.807, 2.05) is 44.4 Å². The van der Waals surface area contributed by atoms with Crippen LogP contribution in [0.4, 0.5) is 10.5 Å². The van der Waals surface area contributed by atoms with Crippen molar-refractivity contribution in [3.63, 3.8) is 0 Å². The highest BCUT2D eigenvalue weighted by Gasteiger charge is 2.36. The van der Waals surface area contributed by atoms with Crippen molar-refractivity contribution in [3.05, 3.63) is 56.1 Å². The van der Waals surface area contributed by atoms with Crippen LogP contribution in [-0.4, -0.2) is 28.5 Å². The summed E-state index contributed by atoms with van der Waals surface area (Å²) < 4.78 is 0. The lowest BCUT2D eigenvalue weighted by Gasteiger charge is -2.14. The minimum absolute atomic E-state index is 0.293. The van der Waals surface area contributed by atoms with Gasteiger partial charge in [-0.1, -0.05) is 12.1 Å². The summed E-state index contributed by atoms with van der Waals surface area (Å²) in [5.74, 6) is -0.821. The molecule has 0 aliphatic carbocycles. The second-order valence-corrected chi connectivity index (χ2v) is 7.97. The number of benzene rings is 1. The van der Waals surface area contributed by atoms with Crippen molar-refractivity contribution in [1.29, 1.82) is 0 Å². The number of hydrogen-bond acceptors (Lipinski definition) is 5. The van der Waals surface area contributed by atoms with Gasteiger partial charge in [0.2, 0.25) is 5.91 Å². The maximum absolute atomic E-state index is 12.5. The molecule has 0 atom stereocenters. The molecule has 5 nitrogen and oxygen atoms in total. The number of hydrogen-bond donors (Lipinski definition) is 1. The Labute approximate surface area is 160 Å². The lowest BCUT2D eigenvalue weighted by molar-refractivity contribution is -0.127. The van der Waals surface area contributed by atoms with Gasteiger partial charge in [-0.25, -0.2) is 0 Å². The second kappa shape index (κ2) is 7.47. The Morgan fingerprint density at radius 2 is 1.92 bits per heavy atom. The van der Waals surface area contributed by atoms with Crippen molar-refractivity contribution in [1.82, 2.24) is 4.90 Å². The minimum atomic E-state index is -0.427. The zero-order valence-corrected chi connectivity index (χ0v) is 16.3. The van der Waals surface area contributed by atoms with Crippen molar-refractivity contribution < 1.29 is 14.4 Å². The smallest absolute Gasteiger partial charge is 0.294 e. The predicted molar refractivity (Wildman–Crippen MR) is 106 cm³/mol. The molecule has 1 saturated heterocycles. The third-order valence-electron chi connectivity index (χ3n) is 4.22. The summed E-state index contributed by atoms with van der Waals surface area (Å²) in [6, 6.07) is 7.56. The maximum atomic E-state index is 12.5. The van der Waals surface area contributed by atoms with Crippen molar-refractivity contribution in [2.24, 2.45) is 0 Å². The Bertz CT molecular complexity index is 931. The zero-order chi connectivity index (χ0) is 18.8. The molecule has 0 saturated carbocycles. The van der Waals surface area contributed by atoms with Crippen LogP contribution in [0, 0.1) is 20.8 Å². The van der Waals surface area contributed by atoms with E-state index in [9.17, 15) is 14.4 Å². The SMILES string of the molecule is Cc1ccsc1/C=C1/SC(=O)N(CC(=O)Nc2cccc(C)c2C)C1=O. The topological polar surface area (TPSA) is 66.5 Å². The molecule has 2 heterocycles. The lowest BCUT2D eigenvalue weighted by atomic mass is 10.1. The number of amides is 3. The molecule has 7 heteroatoms. The molecule has 134 valence electrons. The molecule has 1 aliphatic heterocycles. The molecule has 1 aromatic heterocycles. The van der Waals surface area contributed by atoms with Gasteiger partial charge in [0.25, 0.3) is 11.1 Å². The molecule has 0 radical (unpaired) electrons. The van der Waals surface area contributed by atoms with E-state index >= 15 is 0 Å². The molecule has 3 amide bonds. The van der Waals surface area contributed by atoms with Crippen LogP contribution in [0.1, 0.15) is 21.6 Å². The Hall–Kier alpha value is -2.38. The summed E-state index contributed by atoms with van der Waals surface area (Å²) >= 11 is 2.38. The summed E-state index contributed by atoms with van der Waals surface area (Å²) in [5.41, 5.74) is 3.76. The van der Waals surface area contributed by atoms with Crippen LogP contribution in [0.25, 0.3) is 6.08 Å². The lowest BCUT2D eigenvalue weighted by Crippen LogP contribution is -2.36. The van der Waals surface area contributed by atoms with Crippen LogP contribution in [-0.2, 0) is 9.59 Å². The molecule has 1 aromatic carbocycles. The predicted octanol–water partition coefficient (Wildman–Crippen LogP) is 4.35. The molecular weight excluding hydrogens is 368 g/mol. The summed E-state index contributed by atoms with van der Waals surface area (Å²) in [5, 5.41) is 4.29. The van der Waals surface area contributed by atoms with Gasteiger partial charge >= 0.3 is 0 Å². The third kappa shape index (κ3) is 3.73. The average Bonchev–Trinajstić information content (AvgIpc) is 3.10. The molecule has 1 N–H and O–H groups in total. The van der Waals surface area contributed by atoms with Gasteiger partial charge < -0.3 is 5.32 Å². The fourth-order valence-corrected chi connectivity index (χ4v) is 4.26. The average molecular weight is 386 g/mol. The standard InChI is InChI=1S/C19H18N2O3S2/c1-11-5-4-6-14(13(11)3)20-17(22)10-21-18(23)16(26-19(21)24)9-15-12(2)7-8-25-15/h4-9H,10H2,1-3H3,(H,20,22)/b16-9+. The molecule has 2 aromatic rings. The van der Waals surface area contributed by atoms with Gasteiger partial charge in [0.05, 0.1) is 4.91 Å². The molecule has 0 spiro atoms. The van der Waals surface area contributed by atoms with Gasteiger partial charge in [-0.05, 0) is 72.8 Å². The molecule has 0 bridgehead atoms. The van der Waals surface area contributed by atoms with Gasteiger partial charge in [0, 0.05) is 10.6 Å². The van der Waals surface area contributed by atoms with Crippen LogP contribution < -0.4 is 5.32 Å². The van der Waals surface area contributed by atoms with Gasteiger partial charge in [-0.15, -0.1) is 11.3 Å². The van der Waals surface area contributed by atoms with Crippen LogP contribution in [0.2, 0.25) is 0 Å². The highest BCUT2D eigenvalue weighted by molar-refractivity contribution is 8.18. The highest BCUT2D eigenvalue weighted by Crippen LogP contribution is 2.33. The number of nitrogens with one attached hydrogen (secondary N) is 1. The van der Waals surface area contributed by atoms with Gasteiger partial charge in [-0.2, -0.15) is 0 Å². The highest BCUT2D eigenvalue weighted by atomic mass is 32.2. The van der Waals surface area contributed by atoms with Crippen LogP contribution in [0.15, 0.2) is 34.6 Å².